The summed E-state index contributed by atoms with van der Waals surface area (Å²) in [5.74, 6) is 1.18. The highest BCUT2D eigenvalue weighted by molar-refractivity contribution is 6.07. The van der Waals surface area contributed by atoms with Gasteiger partial charge in [0.2, 0.25) is 0 Å². The first kappa shape index (κ1) is 30.7. The van der Waals surface area contributed by atoms with Gasteiger partial charge in [-0.05, 0) is 68.1 Å². The van der Waals surface area contributed by atoms with E-state index in [4.69, 9.17) is 9.47 Å². The number of amides is 2. The summed E-state index contributed by atoms with van der Waals surface area (Å²) < 4.78 is 12.7. The number of likely N-dealkylation sites (N-methyl/N-ethyl adjacent to an activating group) is 1. The quantitative estimate of drug-likeness (QED) is 0.251. The first-order valence-electron chi connectivity index (χ1n) is 14.8. The van der Waals surface area contributed by atoms with Gasteiger partial charge in [-0.1, -0.05) is 43.3 Å². The molecule has 0 saturated heterocycles. The number of nitrogens with one attached hydrogen (secondary N) is 1. The highest BCUT2D eigenvalue weighted by Crippen LogP contribution is 2.35. The molecule has 228 valence electrons. The molecule has 0 saturated carbocycles. The first-order chi connectivity index (χ1) is 21.3. The summed E-state index contributed by atoms with van der Waals surface area (Å²) in [4.78, 5) is 34.7. The molecule has 1 aliphatic heterocycles. The maximum atomic E-state index is 13.8. The standard InChI is InChI=1S/C35H38N4O5/c1-24-20-39(25(2)23-40)35(42)30-13-8-14-31(37-34(41)27-15-17-36-18-16-27)33(30)44-32(24)22-38(3)21-26-9-7-12-29(19-26)43-28-10-5-4-6-11-28/h4-19,24-25,32,40H,20-23H2,1-3H3,(H,37,41). The average molecular weight is 595 g/mol. The van der Waals surface area contributed by atoms with Crippen molar-refractivity contribution in [2.75, 3.05) is 32.1 Å². The maximum absolute atomic E-state index is 13.8. The molecule has 3 atom stereocenters. The van der Waals surface area contributed by atoms with Crippen LogP contribution in [0.5, 0.6) is 17.2 Å². The normalized spacial score (nSPS) is 17.2. The number of benzene rings is 3. The van der Waals surface area contributed by atoms with E-state index in [1.807, 2.05) is 69.4 Å². The van der Waals surface area contributed by atoms with Crippen LogP contribution in [0.4, 0.5) is 5.69 Å². The number of aliphatic hydroxyl groups excluding tert-OH is 1. The molecule has 44 heavy (non-hydrogen) atoms. The molecule has 0 bridgehead atoms. The summed E-state index contributed by atoms with van der Waals surface area (Å²) >= 11 is 0. The Hall–Kier alpha value is -4.73. The highest BCUT2D eigenvalue weighted by atomic mass is 16.5. The van der Waals surface area contributed by atoms with Crippen molar-refractivity contribution < 1.29 is 24.2 Å². The van der Waals surface area contributed by atoms with Crippen LogP contribution in [0.1, 0.15) is 40.1 Å². The van der Waals surface area contributed by atoms with Crippen molar-refractivity contribution in [3.63, 3.8) is 0 Å². The molecule has 2 N–H and O–H groups in total. The zero-order chi connectivity index (χ0) is 31.1. The second-order valence-electron chi connectivity index (χ2n) is 11.3. The van der Waals surface area contributed by atoms with Crippen LogP contribution in [0.15, 0.2) is 97.3 Å². The van der Waals surface area contributed by atoms with Crippen molar-refractivity contribution in [3.8, 4) is 17.2 Å². The topological polar surface area (TPSA) is 104 Å². The Labute approximate surface area is 258 Å². The van der Waals surface area contributed by atoms with Crippen LogP contribution >= 0.6 is 0 Å². The Kier molecular flexibility index (Phi) is 9.89. The Morgan fingerprint density at radius 1 is 1.07 bits per heavy atom. The van der Waals surface area contributed by atoms with E-state index in [0.29, 0.717) is 42.2 Å². The van der Waals surface area contributed by atoms with E-state index in [-0.39, 0.29) is 30.4 Å². The predicted molar refractivity (Wildman–Crippen MR) is 169 cm³/mol. The summed E-state index contributed by atoms with van der Waals surface area (Å²) in [5, 5.41) is 12.9. The molecule has 1 aromatic heterocycles. The number of nitrogens with zero attached hydrogens (tertiary/aromatic N) is 3. The largest absolute Gasteiger partial charge is 0.486 e. The third-order valence-corrected chi connectivity index (χ3v) is 7.70. The Morgan fingerprint density at radius 3 is 2.55 bits per heavy atom. The van der Waals surface area contributed by atoms with Gasteiger partial charge >= 0.3 is 0 Å². The smallest absolute Gasteiger partial charge is 0.258 e. The molecule has 3 aromatic carbocycles. The molecule has 5 rings (SSSR count). The molecule has 3 unspecified atom stereocenters. The van der Waals surface area contributed by atoms with Crippen LogP contribution in [0.3, 0.4) is 0 Å². The number of pyridine rings is 1. The predicted octanol–water partition coefficient (Wildman–Crippen LogP) is 5.48. The van der Waals surface area contributed by atoms with Gasteiger partial charge < -0.3 is 24.8 Å². The van der Waals surface area contributed by atoms with Crippen molar-refractivity contribution in [3.05, 3.63) is 114 Å². The Balaban J connectivity index is 1.39. The second kappa shape index (κ2) is 14.2. The molecule has 2 heterocycles. The van der Waals surface area contributed by atoms with Crippen molar-refractivity contribution in [2.24, 2.45) is 5.92 Å². The molecule has 0 aliphatic carbocycles. The van der Waals surface area contributed by atoms with Gasteiger partial charge in [-0.25, -0.2) is 0 Å². The molecule has 0 fully saturated rings. The monoisotopic (exact) mass is 594 g/mol. The van der Waals surface area contributed by atoms with Crippen LogP contribution in [0.25, 0.3) is 0 Å². The summed E-state index contributed by atoms with van der Waals surface area (Å²) in [6, 6.07) is 25.7. The number of carbonyl (C=O) groups excluding carboxylic acids is 2. The lowest BCUT2D eigenvalue weighted by Crippen LogP contribution is -2.49. The van der Waals surface area contributed by atoms with Crippen LogP contribution in [0, 0.1) is 5.92 Å². The zero-order valence-electron chi connectivity index (χ0n) is 25.2. The lowest BCUT2D eigenvalue weighted by molar-refractivity contribution is 0.0343. The lowest BCUT2D eigenvalue weighted by atomic mass is 9.98. The molecule has 0 radical (unpaired) electrons. The van der Waals surface area contributed by atoms with E-state index in [0.717, 1.165) is 17.1 Å². The second-order valence-corrected chi connectivity index (χ2v) is 11.3. The maximum Gasteiger partial charge on any atom is 0.258 e. The molecule has 9 nitrogen and oxygen atoms in total. The number of aliphatic hydroxyl groups is 1. The minimum Gasteiger partial charge on any atom is -0.486 e. The fraction of sp³-hybridized carbons (Fsp3) is 0.286. The van der Waals surface area contributed by atoms with Gasteiger partial charge in [0.15, 0.2) is 5.75 Å². The molecular weight excluding hydrogens is 556 g/mol. The summed E-state index contributed by atoms with van der Waals surface area (Å²) in [5.41, 5.74) is 2.26. The van der Waals surface area contributed by atoms with Gasteiger partial charge in [-0.15, -0.1) is 0 Å². The minimum atomic E-state index is -0.392. The van der Waals surface area contributed by atoms with Crippen LogP contribution in [-0.4, -0.2) is 70.6 Å². The SMILES string of the molecule is CC1CN(C(C)CO)C(=O)c2cccc(NC(=O)c3ccncc3)c2OC1CN(C)Cc1cccc(Oc2ccccc2)c1. The van der Waals surface area contributed by atoms with Crippen molar-refractivity contribution in [1.82, 2.24) is 14.8 Å². The lowest BCUT2D eigenvalue weighted by Gasteiger charge is -2.38. The van der Waals surface area contributed by atoms with Crippen molar-refractivity contribution >= 4 is 17.5 Å². The molecule has 9 heteroatoms. The number of ether oxygens (including phenoxy) is 2. The van der Waals surface area contributed by atoms with Gasteiger partial charge in [0, 0.05) is 43.5 Å². The number of para-hydroxylation sites is 2. The molecule has 2 amide bonds. The summed E-state index contributed by atoms with van der Waals surface area (Å²) in [6.45, 7) is 5.30. The van der Waals surface area contributed by atoms with Crippen LogP contribution in [-0.2, 0) is 6.54 Å². The van der Waals surface area contributed by atoms with E-state index >= 15 is 0 Å². The van der Waals surface area contributed by atoms with Crippen molar-refractivity contribution in [2.45, 2.75) is 32.5 Å². The van der Waals surface area contributed by atoms with Crippen LogP contribution < -0.4 is 14.8 Å². The summed E-state index contributed by atoms with van der Waals surface area (Å²) in [7, 11) is 2.02. The number of carbonyl (C=O) groups is 2. The van der Waals surface area contributed by atoms with Crippen molar-refractivity contribution in [1.29, 1.82) is 0 Å². The molecule has 0 spiro atoms. The molecular formula is C35H38N4O5. The number of anilines is 1. The number of rotatable bonds is 10. The van der Waals surface area contributed by atoms with Gasteiger partial charge in [0.25, 0.3) is 11.8 Å². The zero-order valence-corrected chi connectivity index (χ0v) is 25.2. The first-order valence-corrected chi connectivity index (χ1v) is 14.8. The molecule has 1 aliphatic rings. The van der Waals surface area contributed by atoms with Crippen LogP contribution in [0.2, 0.25) is 0 Å². The number of fused-ring (bicyclic) bond motifs is 1. The van der Waals surface area contributed by atoms with Gasteiger partial charge in [0.05, 0.1) is 23.9 Å². The fourth-order valence-corrected chi connectivity index (χ4v) is 5.27. The Morgan fingerprint density at radius 2 is 1.80 bits per heavy atom. The number of hydrogen-bond acceptors (Lipinski definition) is 7. The third kappa shape index (κ3) is 7.42. The number of hydrogen-bond donors (Lipinski definition) is 2. The fourth-order valence-electron chi connectivity index (χ4n) is 5.27. The van der Waals surface area contributed by atoms with E-state index in [9.17, 15) is 14.7 Å². The highest BCUT2D eigenvalue weighted by Gasteiger charge is 2.34. The minimum absolute atomic E-state index is 0.0831. The number of aromatic nitrogens is 1. The Bertz CT molecular complexity index is 1570. The third-order valence-electron chi connectivity index (χ3n) is 7.70. The summed E-state index contributed by atoms with van der Waals surface area (Å²) in [6.07, 6.45) is 2.77. The van der Waals surface area contributed by atoms with Gasteiger partial charge in [-0.2, -0.15) is 0 Å². The molecule has 4 aromatic rings. The van der Waals surface area contributed by atoms with Gasteiger partial charge in [0.1, 0.15) is 17.6 Å². The van der Waals surface area contributed by atoms with E-state index < -0.39 is 6.04 Å². The van der Waals surface area contributed by atoms with Gasteiger partial charge in [-0.3, -0.25) is 19.5 Å². The van der Waals surface area contributed by atoms with E-state index in [1.54, 1.807) is 47.6 Å². The van der Waals surface area contributed by atoms with E-state index in [2.05, 4.69) is 21.3 Å². The average Bonchev–Trinajstić information content (AvgIpc) is 3.03. The van der Waals surface area contributed by atoms with E-state index in [1.165, 1.54) is 0 Å².